The molecule has 0 saturated heterocycles. The molecule has 2 saturated carbocycles. The van der Waals surface area contributed by atoms with Gasteiger partial charge in [-0.25, -0.2) is 4.79 Å². The van der Waals surface area contributed by atoms with E-state index in [4.69, 9.17) is 0 Å². The molecule has 0 unspecified atom stereocenters. The normalized spacial score (nSPS) is 29.2. The third-order valence-electron chi connectivity index (χ3n) is 4.44. The number of amides is 2. The van der Waals surface area contributed by atoms with Gasteiger partial charge in [-0.3, -0.25) is 0 Å². The minimum atomic E-state index is -0.0797. The number of anilines is 1. The van der Waals surface area contributed by atoms with E-state index in [-0.39, 0.29) is 6.03 Å². The Morgan fingerprint density at radius 3 is 2.67 bits per heavy atom. The minimum Gasteiger partial charge on any atom is -0.338 e. The molecule has 0 heterocycles. The smallest absolute Gasteiger partial charge is 0.319 e. The lowest BCUT2D eigenvalue weighted by molar-refractivity contribution is 0.245. The maximum absolute atomic E-state index is 11.8. The Morgan fingerprint density at radius 1 is 1.17 bits per heavy atom. The van der Waals surface area contributed by atoms with Crippen LogP contribution in [0.5, 0.6) is 0 Å². The van der Waals surface area contributed by atoms with Gasteiger partial charge >= 0.3 is 6.03 Å². The van der Waals surface area contributed by atoms with Crippen molar-refractivity contribution in [2.45, 2.75) is 25.7 Å². The molecule has 1 aromatic rings. The quantitative estimate of drug-likeness (QED) is 0.842. The van der Waals surface area contributed by atoms with E-state index in [1.165, 1.54) is 25.7 Å². The molecule has 2 fully saturated rings. The van der Waals surface area contributed by atoms with Crippen LogP contribution in [0.25, 0.3) is 0 Å². The number of benzene rings is 1. The largest absolute Gasteiger partial charge is 0.338 e. The van der Waals surface area contributed by atoms with Crippen LogP contribution in [0.4, 0.5) is 10.5 Å². The van der Waals surface area contributed by atoms with Crippen molar-refractivity contribution in [2.24, 2.45) is 17.8 Å². The second-order valence-electron chi connectivity index (χ2n) is 5.64. The highest BCUT2D eigenvalue weighted by Crippen LogP contribution is 2.47. The summed E-state index contributed by atoms with van der Waals surface area (Å²) >= 11 is 0. The maximum atomic E-state index is 11.8. The summed E-state index contributed by atoms with van der Waals surface area (Å²) < 4.78 is 0. The Bertz CT molecular complexity index is 418. The number of rotatable bonds is 3. The molecule has 3 nitrogen and oxygen atoms in total. The number of fused-ring (bicyclic) bond motifs is 2. The SMILES string of the molecule is O=C(NC[C@@H]1C[C@H]2CC[C@@H]1C2)Nc1ccccc1. The fraction of sp³-hybridized carbons (Fsp3) is 0.533. The molecule has 1 aromatic carbocycles. The first-order valence-electron chi connectivity index (χ1n) is 6.91. The number of hydrogen-bond acceptors (Lipinski definition) is 1. The molecule has 3 atom stereocenters. The molecular weight excluding hydrogens is 224 g/mol. The monoisotopic (exact) mass is 244 g/mol. The van der Waals surface area contributed by atoms with Crippen molar-refractivity contribution in [3.63, 3.8) is 0 Å². The van der Waals surface area contributed by atoms with Gasteiger partial charge in [-0.15, -0.1) is 0 Å². The van der Waals surface area contributed by atoms with Gasteiger partial charge in [0.15, 0.2) is 0 Å². The lowest BCUT2D eigenvalue weighted by Crippen LogP contribution is -2.34. The highest BCUT2D eigenvalue weighted by molar-refractivity contribution is 5.89. The zero-order valence-corrected chi connectivity index (χ0v) is 10.6. The molecule has 0 spiro atoms. The standard InChI is InChI=1S/C15H20N2O/c18-15(17-14-4-2-1-3-5-14)16-10-13-9-11-6-7-12(13)8-11/h1-5,11-13H,6-10H2,(H2,16,17,18)/t11-,12+,13-/m0/s1. The zero-order chi connectivity index (χ0) is 12.4. The molecule has 2 aliphatic carbocycles. The van der Waals surface area contributed by atoms with E-state index in [0.717, 1.165) is 24.1 Å². The summed E-state index contributed by atoms with van der Waals surface area (Å²) in [6.07, 6.45) is 5.50. The summed E-state index contributed by atoms with van der Waals surface area (Å²) in [6.45, 7) is 0.833. The van der Waals surface area contributed by atoms with Gasteiger partial charge in [-0.05, 0) is 49.1 Å². The van der Waals surface area contributed by atoms with E-state index >= 15 is 0 Å². The number of hydrogen-bond donors (Lipinski definition) is 2. The molecule has 0 aromatic heterocycles. The molecule has 96 valence electrons. The fourth-order valence-corrected chi connectivity index (χ4v) is 3.55. The number of urea groups is 1. The first-order valence-corrected chi connectivity index (χ1v) is 6.91. The number of carbonyl (C=O) groups is 1. The number of nitrogens with one attached hydrogen (secondary N) is 2. The topological polar surface area (TPSA) is 41.1 Å². The van der Waals surface area contributed by atoms with Crippen molar-refractivity contribution in [2.75, 3.05) is 11.9 Å². The van der Waals surface area contributed by atoms with Gasteiger partial charge in [-0.1, -0.05) is 24.6 Å². The Hall–Kier alpha value is -1.51. The lowest BCUT2D eigenvalue weighted by Gasteiger charge is -2.21. The van der Waals surface area contributed by atoms with Crippen LogP contribution >= 0.6 is 0 Å². The van der Waals surface area contributed by atoms with Crippen LogP contribution in [0, 0.1) is 17.8 Å². The van der Waals surface area contributed by atoms with Crippen molar-refractivity contribution >= 4 is 11.7 Å². The number of carbonyl (C=O) groups excluding carboxylic acids is 1. The summed E-state index contributed by atoms with van der Waals surface area (Å²) in [5, 5.41) is 5.87. The molecule has 3 rings (SSSR count). The Balaban J connectivity index is 1.45. The third kappa shape index (κ3) is 2.50. The Labute approximate surface area is 108 Å². The Morgan fingerprint density at radius 2 is 2.00 bits per heavy atom. The second kappa shape index (κ2) is 5.01. The van der Waals surface area contributed by atoms with Crippen LogP contribution in [0.2, 0.25) is 0 Å². The predicted octanol–water partition coefficient (Wildman–Crippen LogP) is 3.24. The molecule has 0 radical (unpaired) electrons. The lowest BCUT2D eigenvalue weighted by atomic mass is 9.89. The average molecular weight is 244 g/mol. The van der Waals surface area contributed by atoms with Crippen molar-refractivity contribution in [1.82, 2.24) is 5.32 Å². The molecule has 2 N–H and O–H groups in total. The van der Waals surface area contributed by atoms with Gasteiger partial charge in [-0.2, -0.15) is 0 Å². The van der Waals surface area contributed by atoms with E-state index in [1.807, 2.05) is 30.3 Å². The molecule has 2 bridgehead atoms. The van der Waals surface area contributed by atoms with Crippen LogP contribution < -0.4 is 10.6 Å². The summed E-state index contributed by atoms with van der Waals surface area (Å²) in [4.78, 5) is 11.8. The van der Waals surface area contributed by atoms with Gasteiger partial charge in [0.25, 0.3) is 0 Å². The van der Waals surface area contributed by atoms with Crippen LogP contribution in [-0.2, 0) is 0 Å². The van der Waals surface area contributed by atoms with Gasteiger partial charge in [0, 0.05) is 12.2 Å². The number of para-hydroxylation sites is 1. The highest BCUT2D eigenvalue weighted by Gasteiger charge is 2.39. The van der Waals surface area contributed by atoms with Crippen LogP contribution in [0.15, 0.2) is 30.3 Å². The summed E-state index contributed by atoms with van der Waals surface area (Å²) in [5.41, 5.74) is 0.850. The van der Waals surface area contributed by atoms with E-state index in [0.29, 0.717) is 5.92 Å². The van der Waals surface area contributed by atoms with E-state index in [1.54, 1.807) is 0 Å². The van der Waals surface area contributed by atoms with Crippen LogP contribution in [-0.4, -0.2) is 12.6 Å². The van der Waals surface area contributed by atoms with Crippen molar-refractivity contribution in [3.8, 4) is 0 Å². The second-order valence-corrected chi connectivity index (χ2v) is 5.64. The van der Waals surface area contributed by atoms with Gasteiger partial charge in [0.05, 0.1) is 0 Å². The van der Waals surface area contributed by atoms with Gasteiger partial charge in [0.1, 0.15) is 0 Å². The van der Waals surface area contributed by atoms with Crippen molar-refractivity contribution in [1.29, 1.82) is 0 Å². The molecular formula is C15H20N2O. The van der Waals surface area contributed by atoms with Crippen LogP contribution in [0.3, 0.4) is 0 Å². The van der Waals surface area contributed by atoms with Crippen LogP contribution in [0.1, 0.15) is 25.7 Å². The maximum Gasteiger partial charge on any atom is 0.319 e. The fourth-order valence-electron chi connectivity index (χ4n) is 3.55. The third-order valence-corrected chi connectivity index (χ3v) is 4.44. The average Bonchev–Trinajstić information content (AvgIpc) is 3.00. The minimum absolute atomic E-state index is 0.0797. The first kappa shape index (κ1) is 11.6. The van der Waals surface area contributed by atoms with Crippen molar-refractivity contribution in [3.05, 3.63) is 30.3 Å². The highest BCUT2D eigenvalue weighted by atomic mass is 16.2. The molecule has 3 heteroatoms. The van der Waals surface area contributed by atoms with E-state index in [2.05, 4.69) is 10.6 Å². The zero-order valence-electron chi connectivity index (χ0n) is 10.6. The molecule has 2 aliphatic rings. The summed E-state index contributed by atoms with van der Waals surface area (Å²) in [5.74, 6) is 2.52. The molecule has 18 heavy (non-hydrogen) atoms. The summed E-state index contributed by atoms with van der Waals surface area (Å²) in [6, 6.07) is 9.51. The van der Waals surface area contributed by atoms with Crippen molar-refractivity contribution < 1.29 is 4.79 Å². The van der Waals surface area contributed by atoms with Gasteiger partial charge < -0.3 is 10.6 Å². The predicted molar refractivity (Wildman–Crippen MR) is 72.4 cm³/mol. The molecule has 2 amide bonds. The summed E-state index contributed by atoms with van der Waals surface area (Å²) in [7, 11) is 0. The van der Waals surface area contributed by atoms with E-state index in [9.17, 15) is 4.79 Å². The molecule has 0 aliphatic heterocycles. The first-order chi connectivity index (χ1) is 8.81. The Kier molecular flexibility index (Phi) is 3.22. The van der Waals surface area contributed by atoms with Gasteiger partial charge in [0.2, 0.25) is 0 Å². The van der Waals surface area contributed by atoms with E-state index < -0.39 is 0 Å².